The van der Waals surface area contributed by atoms with Gasteiger partial charge in [-0.3, -0.25) is 9.78 Å². The highest BCUT2D eigenvalue weighted by Crippen LogP contribution is 1.98. The van der Waals surface area contributed by atoms with Crippen LogP contribution in [0.4, 0.5) is 0 Å². The molecule has 0 atom stereocenters. The van der Waals surface area contributed by atoms with Crippen LogP contribution in [0.1, 0.15) is 29.4 Å². The molecule has 0 fully saturated rings. The summed E-state index contributed by atoms with van der Waals surface area (Å²) in [6.07, 6.45) is 3.55. The van der Waals surface area contributed by atoms with Gasteiger partial charge in [0.25, 0.3) is 5.91 Å². The van der Waals surface area contributed by atoms with E-state index in [0.29, 0.717) is 17.8 Å². The normalized spacial score (nSPS) is 10.5. The topological polar surface area (TPSA) is 74.6 Å². The van der Waals surface area contributed by atoms with Gasteiger partial charge >= 0.3 is 0 Å². The molecule has 0 bridgehead atoms. The van der Waals surface area contributed by atoms with E-state index in [1.54, 1.807) is 12.1 Å². The predicted octanol–water partition coefficient (Wildman–Crippen LogP) is 1.03. The molecule has 1 amide bonds. The zero-order chi connectivity index (χ0) is 11.1. The summed E-state index contributed by atoms with van der Waals surface area (Å²) < 4.78 is 0. The molecule has 2 N–H and O–H groups in total. The van der Waals surface area contributed by atoms with Crippen LogP contribution in [-0.4, -0.2) is 28.9 Å². The van der Waals surface area contributed by atoms with Gasteiger partial charge in [0.15, 0.2) is 0 Å². The van der Waals surface area contributed by atoms with Crippen molar-refractivity contribution in [2.24, 2.45) is 5.16 Å². The standard InChI is InChI=1S/C10H13N3O2/c1-2-5-11-10(14)8-3-4-9(7-13-15)12-6-8/h3-4,6-7,15H,2,5H2,1H3,(H,11,14). The molecule has 0 aliphatic rings. The highest BCUT2D eigenvalue weighted by Gasteiger charge is 2.03. The highest BCUT2D eigenvalue weighted by atomic mass is 16.4. The molecule has 0 unspecified atom stereocenters. The fourth-order valence-corrected chi connectivity index (χ4v) is 1.02. The first kappa shape index (κ1) is 11.2. The maximum absolute atomic E-state index is 11.4. The Morgan fingerprint density at radius 3 is 3.00 bits per heavy atom. The Balaban J connectivity index is 2.66. The zero-order valence-electron chi connectivity index (χ0n) is 8.47. The van der Waals surface area contributed by atoms with Crippen molar-refractivity contribution in [3.63, 3.8) is 0 Å². The van der Waals surface area contributed by atoms with E-state index in [9.17, 15) is 4.79 Å². The Labute approximate surface area is 87.8 Å². The van der Waals surface area contributed by atoms with Gasteiger partial charge < -0.3 is 10.5 Å². The number of carbonyl (C=O) groups is 1. The number of amides is 1. The molecule has 1 heterocycles. The van der Waals surface area contributed by atoms with E-state index >= 15 is 0 Å². The smallest absolute Gasteiger partial charge is 0.252 e. The van der Waals surface area contributed by atoms with Crippen LogP contribution in [0.15, 0.2) is 23.5 Å². The van der Waals surface area contributed by atoms with E-state index in [2.05, 4.69) is 15.5 Å². The number of aromatic nitrogens is 1. The van der Waals surface area contributed by atoms with Crippen LogP contribution < -0.4 is 5.32 Å². The van der Waals surface area contributed by atoms with Gasteiger partial charge in [0.2, 0.25) is 0 Å². The largest absolute Gasteiger partial charge is 0.411 e. The fourth-order valence-electron chi connectivity index (χ4n) is 1.02. The van der Waals surface area contributed by atoms with Crippen LogP contribution >= 0.6 is 0 Å². The van der Waals surface area contributed by atoms with E-state index in [1.807, 2.05) is 6.92 Å². The molecule has 0 saturated carbocycles. The van der Waals surface area contributed by atoms with Gasteiger partial charge in [-0.2, -0.15) is 0 Å². The van der Waals surface area contributed by atoms with Crippen molar-refractivity contribution in [2.45, 2.75) is 13.3 Å². The number of pyridine rings is 1. The van der Waals surface area contributed by atoms with Gasteiger partial charge in [-0.25, -0.2) is 0 Å². The second-order valence-electron chi connectivity index (χ2n) is 2.97. The predicted molar refractivity (Wildman–Crippen MR) is 56.2 cm³/mol. The van der Waals surface area contributed by atoms with Crippen LogP contribution in [0.5, 0.6) is 0 Å². The van der Waals surface area contributed by atoms with E-state index in [4.69, 9.17) is 5.21 Å². The maximum atomic E-state index is 11.4. The van der Waals surface area contributed by atoms with Gasteiger partial charge in [-0.1, -0.05) is 12.1 Å². The number of hydrogen-bond acceptors (Lipinski definition) is 4. The monoisotopic (exact) mass is 207 g/mol. The van der Waals surface area contributed by atoms with E-state index in [-0.39, 0.29) is 5.91 Å². The van der Waals surface area contributed by atoms with Crippen LogP contribution in [-0.2, 0) is 0 Å². The van der Waals surface area contributed by atoms with E-state index in [1.165, 1.54) is 12.4 Å². The molecule has 1 aromatic heterocycles. The SMILES string of the molecule is CCCNC(=O)c1ccc(C=NO)nc1. The van der Waals surface area contributed by atoms with Crippen LogP contribution in [0.3, 0.4) is 0 Å². The minimum absolute atomic E-state index is 0.142. The van der Waals surface area contributed by atoms with Crippen LogP contribution in [0.25, 0.3) is 0 Å². The van der Waals surface area contributed by atoms with Crippen LogP contribution in [0.2, 0.25) is 0 Å². The van der Waals surface area contributed by atoms with Gasteiger partial charge in [0, 0.05) is 12.7 Å². The number of oxime groups is 1. The number of nitrogens with one attached hydrogen (secondary N) is 1. The van der Waals surface area contributed by atoms with Crippen molar-refractivity contribution in [3.05, 3.63) is 29.6 Å². The molecule has 0 spiro atoms. The summed E-state index contributed by atoms with van der Waals surface area (Å²) in [6, 6.07) is 3.25. The summed E-state index contributed by atoms with van der Waals surface area (Å²) in [5.41, 5.74) is 1.00. The minimum Gasteiger partial charge on any atom is -0.411 e. The first-order chi connectivity index (χ1) is 7.27. The summed E-state index contributed by atoms with van der Waals surface area (Å²) >= 11 is 0. The van der Waals surface area contributed by atoms with Crippen molar-refractivity contribution in [1.29, 1.82) is 0 Å². The van der Waals surface area contributed by atoms with Crippen molar-refractivity contribution >= 4 is 12.1 Å². The molecule has 0 aromatic carbocycles. The Hall–Kier alpha value is -1.91. The molecular formula is C10H13N3O2. The fraction of sp³-hybridized carbons (Fsp3) is 0.300. The van der Waals surface area contributed by atoms with E-state index < -0.39 is 0 Å². The summed E-state index contributed by atoms with van der Waals surface area (Å²) in [7, 11) is 0. The Bertz CT molecular complexity index is 346. The van der Waals surface area contributed by atoms with Gasteiger partial charge in [-0.05, 0) is 18.6 Å². The van der Waals surface area contributed by atoms with Gasteiger partial charge in [-0.15, -0.1) is 0 Å². The molecule has 15 heavy (non-hydrogen) atoms. The van der Waals surface area contributed by atoms with Gasteiger partial charge in [0.1, 0.15) is 0 Å². The second-order valence-corrected chi connectivity index (χ2v) is 2.97. The number of carbonyl (C=O) groups excluding carboxylic acids is 1. The molecule has 0 radical (unpaired) electrons. The zero-order valence-corrected chi connectivity index (χ0v) is 8.47. The lowest BCUT2D eigenvalue weighted by Crippen LogP contribution is -2.24. The number of nitrogens with zero attached hydrogens (tertiary/aromatic N) is 2. The number of rotatable bonds is 4. The van der Waals surface area contributed by atoms with Gasteiger partial charge in [0.05, 0.1) is 17.5 Å². The van der Waals surface area contributed by atoms with Crippen molar-refractivity contribution < 1.29 is 10.0 Å². The molecule has 0 aliphatic heterocycles. The average molecular weight is 207 g/mol. The molecule has 0 saturated heterocycles. The van der Waals surface area contributed by atoms with E-state index in [0.717, 1.165) is 6.42 Å². The molecule has 1 aromatic rings. The second kappa shape index (κ2) is 5.74. The molecule has 80 valence electrons. The average Bonchev–Trinajstić information content (AvgIpc) is 2.27. The molecular weight excluding hydrogens is 194 g/mol. The Kier molecular flexibility index (Phi) is 4.28. The first-order valence-electron chi connectivity index (χ1n) is 4.69. The number of hydrogen-bond donors (Lipinski definition) is 2. The lowest BCUT2D eigenvalue weighted by molar-refractivity contribution is 0.0953. The Morgan fingerprint density at radius 1 is 1.67 bits per heavy atom. The summed E-state index contributed by atoms with van der Waals surface area (Å²) in [5, 5.41) is 13.8. The molecule has 5 nitrogen and oxygen atoms in total. The summed E-state index contributed by atoms with van der Waals surface area (Å²) in [4.78, 5) is 15.4. The highest BCUT2D eigenvalue weighted by molar-refractivity contribution is 5.94. The maximum Gasteiger partial charge on any atom is 0.252 e. The third-order valence-corrected chi connectivity index (χ3v) is 1.77. The summed E-state index contributed by atoms with van der Waals surface area (Å²) in [6.45, 7) is 2.64. The third kappa shape index (κ3) is 3.38. The van der Waals surface area contributed by atoms with Crippen molar-refractivity contribution in [1.82, 2.24) is 10.3 Å². The van der Waals surface area contributed by atoms with Crippen molar-refractivity contribution in [3.8, 4) is 0 Å². The third-order valence-electron chi connectivity index (χ3n) is 1.77. The lowest BCUT2D eigenvalue weighted by atomic mass is 10.2. The first-order valence-corrected chi connectivity index (χ1v) is 4.69. The lowest BCUT2D eigenvalue weighted by Gasteiger charge is -2.02. The van der Waals surface area contributed by atoms with Crippen molar-refractivity contribution in [2.75, 3.05) is 6.54 Å². The Morgan fingerprint density at radius 2 is 2.47 bits per heavy atom. The minimum atomic E-state index is -0.142. The summed E-state index contributed by atoms with van der Waals surface area (Å²) in [5.74, 6) is -0.142. The van der Waals surface area contributed by atoms with Crippen LogP contribution in [0, 0.1) is 0 Å². The molecule has 1 rings (SSSR count). The quantitative estimate of drug-likeness (QED) is 0.440. The molecule has 0 aliphatic carbocycles. The molecule has 5 heteroatoms.